The lowest BCUT2D eigenvalue weighted by Gasteiger charge is -2.33. The van der Waals surface area contributed by atoms with Gasteiger partial charge in [0, 0.05) is 11.5 Å². The van der Waals surface area contributed by atoms with Gasteiger partial charge < -0.3 is 5.11 Å². The number of carboxylic acid groups (broad SMARTS) is 1. The Morgan fingerprint density at radius 2 is 1.83 bits per heavy atom. The van der Waals surface area contributed by atoms with Crippen molar-refractivity contribution in [2.45, 2.75) is 50.6 Å². The fourth-order valence-electron chi connectivity index (χ4n) is 3.29. The van der Waals surface area contributed by atoms with Crippen LogP contribution in [0.3, 0.4) is 0 Å². The smallest absolute Gasteiger partial charge is 0.322 e. The molecule has 0 unspecified atom stereocenters. The van der Waals surface area contributed by atoms with Crippen molar-refractivity contribution in [1.82, 2.24) is 4.31 Å². The highest BCUT2D eigenvalue weighted by atomic mass is 32.2. The number of hydrogen-bond acceptors (Lipinski definition) is 3. The number of nitrogens with zero attached hydrogens (tertiary/aromatic N) is 1. The van der Waals surface area contributed by atoms with Crippen LogP contribution in [0.1, 0.15) is 32.8 Å². The molecule has 0 saturated carbocycles. The predicted octanol–water partition coefficient (Wildman–Crippen LogP) is 2.81. The summed E-state index contributed by atoms with van der Waals surface area (Å²) in [7, 11) is -3.91. The maximum Gasteiger partial charge on any atom is 0.322 e. The molecule has 5 nitrogen and oxygen atoms in total. The van der Waals surface area contributed by atoms with Crippen molar-refractivity contribution in [2.24, 2.45) is 5.92 Å². The van der Waals surface area contributed by atoms with Crippen molar-refractivity contribution in [2.75, 3.05) is 0 Å². The predicted molar refractivity (Wildman–Crippen MR) is 88.6 cm³/mol. The van der Waals surface area contributed by atoms with Crippen molar-refractivity contribution in [3.05, 3.63) is 42.0 Å². The normalized spacial score (nSPS) is 24.5. The molecule has 0 radical (unpaired) electrons. The van der Waals surface area contributed by atoms with E-state index in [0.717, 1.165) is 9.87 Å². The van der Waals surface area contributed by atoms with E-state index in [4.69, 9.17) is 0 Å². The first-order valence-electron chi connectivity index (χ1n) is 7.48. The summed E-state index contributed by atoms with van der Waals surface area (Å²) in [5.41, 5.74) is 0.836. The minimum absolute atomic E-state index is 0.116. The van der Waals surface area contributed by atoms with Gasteiger partial charge in [0.25, 0.3) is 0 Å². The summed E-state index contributed by atoms with van der Waals surface area (Å²) in [5, 5.41) is 9.64. The lowest BCUT2D eigenvalue weighted by molar-refractivity contribution is -0.142. The van der Waals surface area contributed by atoms with Gasteiger partial charge >= 0.3 is 5.97 Å². The molecule has 1 aromatic carbocycles. The van der Waals surface area contributed by atoms with Crippen molar-refractivity contribution in [1.29, 1.82) is 0 Å². The van der Waals surface area contributed by atoms with Gasteiger partial charge in [0.1, 0.15) is 6.04 Å². The topological polar surface area (TPSA) is 74.7 Å². The summed E-state index contributed by atoms with van der Waals surface area (Å²) < 4.78 is 27.3. The molecule has 0 amide bonds. The van der Waals surface area contributed by atoms with Gasteiger partial charge in [0.05, 0.1) is 4.90 Å². The molecule has 126 valence electrons. The fourth-order valence-corrected chi connectivity index (χ4v) is 5.26. The third-order valence-electron chi connectivity index (χ3n) is 4.41. The van der Waals surface area contributed by atoms with E-state index in [2.05, 4.69) is 6.58 Å². The van der Waals surface area contributed by atoms with Crippen LogP contribution in [0.4, 0.5) is 0 Å². The highest BCUT2D eigenvalue weighted by molar-refractivity contribution is 7.89. The Morgan fingerprint density at radius 3 is 2.26 bits per heavy atom. The van der Waals surface area contributed by atoms with Gasteiger partial charge in [-0.15, -0.1) is 0 Å². The molecule has 0 spiro atoms. The molecule has 1 aromatic rings. The monoisotopic (exact) mass is 337 g/mol. The Bertz CT molecular complexity index is 734. The Labute approximate surface area is 137 Å². The molecule has 0 bridgehead atoms. The lowest BCUT2D eigenvalue weighted by atomic mass is 9.89. The molecule has 1 aliphatic heterocycles. The first-order chi connectivity index (χ1) is 10.5. The number of carbonyl (C=O) groups is 1. The van der Waals surface area contributed by atoms with Crippen molar-refractivity contribution < 1.29 is 18.3 Å². The number of carboxylic acids is 1. The number of hydrogen-bond donors (Lipinski definition) is 1. The zero-order chi connectivity index (χ0) is 17.6. The van der Waals surface area contributed by atoms with E-state index >= 15 is 0 Å². The second-order valence-electron chi connectivity index (χ2n) is 6.87. The van der Waals surface area contributed by atoms with E-state index in [-0.39, 0.29) is 4.90 Å². The van der Waals surface area contributed by atoms with Gasteiger partial charge in [-0.2, -0.15) is 4.31 Å². The van der Waals surface area contributed by atoms with Crippen molar-refractivity contribution in [3.63, 3.8) is 0 Å². The first-order valence-corrected chi connectivity index (χ1v) is 8.92. The minimum atomic E-state index is -3.91. The number of benzene rings is 1. The molecule has 1 aliphatic rings. The molecule has 2 atom stereocenters. The minimum Gasteiger partial charge on any atom is -0.480 e. The van der Waals surface area contributed by atoms with Crippen LogP contribution in [0.25, 0.3) is 0 Å². The number of rotatable bonds is 4. The molecular weight excluding hydrogens is 314 g/mol. The second-order valence-corrected chi connectivity index (χ2v) is 8.68. The van der Waals surface area contributed by atoms with Crippen LogP contribution in [0, 0.1) is 12.8 Å². The molecule has 23 heavy (non-hydrogen) atoms. The zero-order valence-corrected chi connectivity index (χ0v) is 14.7. The molecule has 1 N–H and O–H groups in total. The quantitative estimate of drug-likeness (QED) is 0.857. The van der Waals surface area contributed by atoms with E-state index in [1.807, 2.05) is 6.92 Å². The lowest BCUT2D eigenvalue weighted by Crippen LogP contribution is -2.50. The highest BCUT2D eigenvalue weighted by Gasteiger charge is 2.55. The molecular formula is C17H23NO4S. The summed E-state index contributed by atoms with van der Waals surface area (Å²) in [5.74, 6) is -1.54. The van der Waals surface area contributed by atoms with Crippen molar-refractivity contribution in [3.8, 4) is 0 Å². The molecule has 1 heterocycles. The van der Waals surface area contributed by atoms with Gasteiger partial charge in [-0.25, -0.2) is 8.42 Å². The zero-order valence-electron chi connectivity index (χ0n) is 13.9. The maximum atomic E-state index is 13.1. The number of sulfonamides is 1. The second kappa shape index (κ2) is 5.76. The average molecular weight is 337 g/mol. The Kier molecular flexibility index (Phi) is 4.43. The maximum absolute atomic E-state index is 13.1. The van der Waals surface area contributed by atoms with Gasteiger partial charge in [0.2, 0.25) is 10.0 Å². The van der Waals surface area contributed by atoms with Crippen LogP contribution in [-0.2, 0) is 14.8 Å². The largest absolute Gasteiger partial charge is 0.480 e. The van der Waals surface area contributed by atoms with Gasteiger partial charge in [-0.1, -0.05) is 29.8 Å². The molecule has 6 heteroatoms. The highest BCUT2D eigenvalue weighted by Crippen LogP contribution is 2.44. The van der Waals surface area contributed by atoms with Gasteiger partial charge in [-0.3, -0.25) is 4.79 Å². The molecule has 1 fully saturated rings. The number of aliphatic carboxylic acids is 1. The fraction of sp³-hybridized carbons (Fsp3) is 0.471. The SMILES string of the molecule is C=C(C)[C@H]1CC(C)(C)N(S(=O)(=O)c2ccc(C)cc2)[C@H]1C(=O)O. The van der Waals surface area contributed by atoms with Crippen LogP contribution < -0.4 is 0 Å². The molecule has 1 saturated heterocycles. The Morgan fingerprint density at radius 1 is 1.30 bits per heavy atom. The Balaban J connectivity index is 2.59. The van der Waals surface area contributed by atoms with E-state index in [1.54, 1.807) is 32.9 Å². The summed E-state index contributed by atoms with van der Waals surface area (Å²) in [6.45, 7) is 11.0. The molecule has 2 rings (SSSR count). The van der Waals surface area contributed by atoms with Crippen molar-refractivity contribution >= 4 is 16.0 Å². The summed E-state index contributed by atoms with van der Waals surface area (Å²) in [6, 6.07) is 5.33. The average Bonchev–Trinajstić information content (AvgIpc) is 2.72. The summed E-state index contributed by atoms with van der Waals surface area (Å²) in [6.07, 6.45) is 0.435. The van der Waals surface area contributed by atoms with Crippen LogP contribution in [0.2, 0.25) is 0 Å². The Hall–Kier alpha value is -1.66. The molecule has 0 aromatic heterocycles. The van der Waals surface area contributed by atoms with E-state index in [9.17, 15) is 18.3 Å². The number of aryl methyl sites for hydroxylation is 1. The van der Waals surface area contributed by atoms with E-state index in [0.29, 0.717) is 12.0 Å². The van der Waals surface area contributed by atoms with Gasteiger partial charge in [-0.05, 0) is 46.2 Å². The summed E-state index contributed by atoms with van der Waals surface area (Å²) >= 11 is 0. The van der Waals surface area contributed by atoms with Crippen LogP contribution in [0.15, 0.2) is 41.3 Å². The van der Waals surface area contributed by atoms with Crippen LogP contribution >= 0.6 is 0 Å². The molecule has 0 aliphatic carbocycles. The van der Waals surface area contributed by atoms with Crippen LogP contribution in [-0.4, -0.2) is 35.4 Å². The van der Waals surface area contributed by atoms with Crippen LogP contribution in [0.5, 0.6) is 0 Å². The standard InChI is InChI=1S/C17H23NO4S/c1-11(2)14-10-17(4,5)18(15(14)16(19)20)23(21,22)13-8-6-12(3)7-9-13/h6-9,14-15H,1,10H2,2-5H3,(H,19,20)/t14-,15-/m1/s1. The third kappa shape index (κ3) is 3.05. The van der Waals surface area contributed by atoms with E-state index < -0.39 is 33.5 Å². The third-order valence-corrected chi connectivity index (χ3v) is 6.52. The summed E-state index contributed by atoms with van der Waals surface area (Å²) in [4.78, 5) is 11.9. The van der Waals surface area contributed by atoms with Gasteiger partial charge in [0.15, 0.2) is 0 Å². The first kappa shape index (κ1) is 17.7. The van der Waals surface area contributed by atoms with E-state index in [1.165, 1.54) is 12.1 Å².